The monoisotopic (exact) mass is 584 g/mol. The number of phenols is 5. The van der Waals surface area contributed by atoms with Crippen LogP contribution in [0.1, 0.15) is 40.7 Å². The summed E-state index contributed by atoms with van der Waals surface area (Å²) in [6.07, 6.45) is 2.38. The second-order valence-electron chi connectivity index (χ2n) is 12.8. The molecule has 6 aliphatic rings. The third-order valence-corrected chi connectivity index (χ3v) is 10.6. The second-order valence-corrected chi connectivity index (χ2v) is 12.8. The zero-order valence-electron chi connectivity index (χ0n) is 23.0. The molecule has 0 radical (unpaired) electrons. The molecular formula is C33H28O10. The highest BCUT2D eigenvalue weighted by Crippen LogP contribution is 2.74. The van der Waals surface area contributed by atoms with Crippen LogP contribution in [0, 0.1) is 12.8 Å². The lowest BCUT2D eigenvalue weighted by molar-refractivity contribution is -0.239. The lowest BCUT2D eigenvalue weighted by Crippen LogP contribution is -2.56. The molecule has 7 N–H and O–H groups in total. The summed E-state index contributed by atoms with van der Waals surface area (Å²) in [5.41, 5.74) is 0.716. The number of phenolic OH excluding ortho intramolecular Hbond substituents is 5. The molecule has 3 heterocycles. The zero-order chi connectivity index (χ0) is 29.8. The Morgan fingerprint density at radius 3 is 2.37 bits per heavy atom. The van der Waals surface area contributed by atoms with Gasteiger partial charge in [-0.25, -0.2) is 0 Å². The summed E-state index contributed by atoms with van der Waals surface area (Å²) < 4.78 is 18.9. The van der Waals surface area contributed by atoms with Crippen molar-refractivity contribution in [1.82, 2.24) is 0 Å². The maximum Gasteiger partial charge on any atom is 0.201 e. The number of hydrogen-bond donors (Lipinski definition) is 7. The molecule has 5 unspecified atom stereocenters. The number of hydrogen-bond acceptors (Lipinski definition) is 10. The summed E-state index contributed by atoms with van der Waals surface area (Å²) in [5, 5.41) is 78.2. The lowest BCUT2D eigenvalue weighted by atomic mass is 9.54. The molecule has 220 valence electrons. The minimum Gasteiger partial charge on any atom is -0.504 e. The fourth-order valence-corrected chi connectivity index (χ4v) is 9.06. The summed E-state index contributed by atoms with van der Waals surface area (Å²) >= 11 is 0. The van der Waals surface area contributed by atoms with Crippen molar-refractivity contribution < 1.29 is 50.0 Å². The molecule has 0 bridgehead atoms. The number of aliphatic hydroxyl groups is 2. The van der Waals surface area contributed by atoms with Crippen LogP contribution in [0.3, 0.4) is 0 Å². The molecule has 10 heteroatoms. The Morgan fingerprint density at radius 2 is 1.56 bits per heavy atom. The minimum absolute atomic E-state index is 0.0280. The van der Waals surface area contributed by atoms with Gasteiger partial charge in [0.25, 0.3) is 0 Å². The fraction of sp³-hybridized carbons (Fsp3) is 0.333. The Labute approximate surface area is 245 Å². The van der Waals surface area contributed by atoms with Crippen LogP contribution >= 0.6 is 0 Å². The Hall–Kier alpha value is -4.38. The molecule has 3 aromatic rings. The first-order valence-corrected chi connectivity index (χ1v) is 14.2. The average Bonchev–Trinajstić information content (AvgIpc) is 3.50. The van der Waals surface area contributed by atoms with E-state index in [0.717, 1.165) is 5.57 Å². The van der Waals surface area contributed by atoms with Gasteiger partial charge in [-0.15, -0.1) is 0 Å². The molecule has 1 saturated heterocycles. The van der Waals surface area contributed by atoms with Gasteiger partial charge in [0.2, 0.25) is 5.75 Å². The third kappa shape index (κ3) is 2.63. The smallest absolute Gasteiger partial charge is 0.201 e. The van der Waals surface area contributed by atoms with E-state index in [1.54, 1.807) is 19.1 Å². The van der Waals surface area contributed by atoms with Crippen LogP contribution in [0.2, 0.25) is 0 Å². The van der Waals surface area contributed by atoms with E-state index in [2.05, 4.69) is 0 Å². The summed E-state index contributed by atoms with van der Waals surface area (Å²) in [7, 11) is 0. The first-order valence-electron chi connectivity index (χ1n) is 14.2. The average molecular weight is 585 g/mol. The minimum atomic E-state index is -1.80. The first kappa shape index (κ1) is 25.1. The van der Waals surface area contributed by atoms with Gasteiger partial charge < -0.3 is 50.0 Å². The van der Waals surface area contributed by atoms with Crippen molar-refractivity contribution in [3.63, 3.8) is 0 Å². The quantitative estimate of drug-likeness (QED) is 0.195. The van der Waals surface area contributed by atoms with Gasteiger partial charge in [-0.1, -0.05) is 18.2 Å². The normalized spacial score (nSPS) is 33.9. The zero-order valence-corrected chi connectivity index (χ0v) is 23.0. The summed E-state index contributed by atoms with van der Waals surface area (Å²) in [5.74, 6) is -3.91. The molecular weight excluding hydrogens is 556 g/mol. The molecule has 0 spiro atoms. The van der Waals surface area contributed by atoms with E-state index in [-0.39, 0.29) is 67.0 Å². The van der Waals surface area contributed by atoms with Crippen molar-refractivity contribution in [2.75, 3.05) is 13.2 Å². The predicted molar refractivity (Wildman–Crippen MR) is 149 cm³/mol. The van der Waals surface area contributed by atoms with Crippen LogP contribution in [-0.4, -0.2) is 65.9 Å². The SMILES string of the molecule is Cc1ccc2c(c1O)OCC13Cc4cc(O)c(O)cc4C21C1C2=C4c5ccc(O)c(O)c5OCC4(O)CC2=CCC1(O)O3. The van der Waals surface area contributed by atoms with Crippen LogP contribution in [0.15, 0.2) is 53.6 Å². The van der Waals surface area contributed by atoms with Crippen LogP contribution in [0.4, 0.5) is 0 Å². The van der Waals surface area contributed by atoms with Crippen LogP contribution < -0.4 is 9.47 Å². The number of aromatic hydroxyl groups is 5. The highest BCUT2D eigenvalue weighted by atomic mass is 16.7. The highest BCUT2D eigenvalue weighted by molar-refractivity contribution is 5.90. The van der Waals surface area contributed by atoms with E-state index >= 15 is 0 Å². The Kier molecular flexibility index (Phi) is 4.32. The highest BCUT2D eigenvalue weighted by Gasteiger charge is 2.79. The van der Waals surface area contributed by atoms with E-state index < -0.39 is 34.1 Å². The predicted octanol–water partition coefficient (Wildman–Crippen LogP) is 3.14. The molecule has 3 aliphatic carbocycles. The molecule has 0 amide bonds. The van der Waals surface area contributed by atoms with Gasteiger partial charge in [-0.3, -0.25) is 0 Å². The van der Waals surface area contributed by atoms with Gasteiger partial charge in [-0.05, 0) is 59.0 Å². The second kappa shape index (κ2) is 7.39. The van der Waals surface area contributed by atoms with Crippen molar-refractivity contribution in [2.24, 2.45) is 5.92 Å². The molecule has 10 nitrogen and oxygen atoms in total. The topological polar surface area (TPSA) is 169 Å². The van der Waals surface area contributed by atoms with Crippen molar-refractivity contribution in [1.29, 1.82) is 0 Å². The summed E-state index contributed by atoms with van der Waals surface area (Å²) in [6.45, 7) is 1.53. The van der Waals surface area contributed by atoms with Crippen molar-refractivity contribution >= 4 is 5.57 Å². The van der Waals surface area contributed by atoms with E-state index in [1.807, 2.05) is 12.1 Å². The molecule has 43 heavy (non-hydrogen) atoms. The van der Waals surface area contributed by atoms with E-state index in [9.17, 15) is 35.7 Å². The van der Waals surface area contributed by atoms with Crippen LogP contribution in [-0.2, 0) is 16.6 Å². The van der Waals surface area contributed by atoms with Crippen molar-refractivity contribution in [3.8, 4) is 40.2 Å². The maximum atomic E-state index is 12.6. The van der Waals surface area contributed by atoms with Gasteiger partial charge in [0.05, 0.1) is 11.3 Å². The number of fused-ring (bicyclic) bond motifs is 8. The molecule has 9 rings (SSSR count). The Morgan fingerprint density at radius 1 is 0.791 bits per heavy atom. The van der Waals surface area contributed by atoms with Gasteiger partial charge >= 0.3 is 0 Å². The Bertz CT molecular complexity index is 1910. The summed E-state index contributed by atoms with van der Waals surface area (Å²) in [4.78, 5) is 0. The lowest BCUT2D eigenvalue weighted by Gasteiger charge is -2.48. The Balaban J connectivity index is 1.45. The number of benzene rings is 3. The van der Waals surface area contributed by atoms with E-state index in [1.165, 1.54) is 18.2 Å². The number of rotatable bonds is 0. The van der Waals surface area contributed by atoms with E-state index in [4.69, 9.17) is 14.2 Å². The van der Waals surface area contributed by atoms with E-state index in [0.29, 0.717) is 39.0 Å². The van der Waals surface area contributed by atoms with Gasteiger partial charge in [-0.2, -0.15) is 0 Å². The maximum absolute atomic E-state index is 12.6. The molecule has 5 atom stereocenters. The molecule has 0 aromatic heterocycles. The van der Waals surface area contributed by atoms with Crippen molar-refractivity contribution in [3.05, 3.63) is 81.4 Å². The standard InChI is InChI=1S/C33H28O10/c1-14-2-4-18-28(25(14)37)42-13-31-11-16-8-21(35)22(36)9-19(16)33(18,31)29-23-15(6-7-32(29,40)43-31)10-30(39)12-41-27-17(24(23)30)3-5-20(34)26(27)38/h2-6,8-9,29,34-40H,7,10-13H2,1H3. The van der Waals surface area contributed by atoms with Crippen LogP contribution in [0.5, 0.6) is 40.2 Å². The number of ether oxygens (including phenoxy) is 3. The van der Waals surface area contributed by atoms with Crippen LogP contribution in [0.25, 0.3) is 5.57 Å². The van der Waals surface area contributed by atoms with Gasteiger partial charge in [0, 0.05) is 36.0 Å². The van der Waals surface area contributed by atoms with Gasteiger partial charge in [0.15, 0.2) is 40.3 Å². The molecule has 3 aliphatic heterocycles. The molecule has 0 saturated carbocycles. The van der Waals surface area contributed by atoms with Crippen molar-refractivity contribution in [2.45, 2.75) is 48.6 Å². The van der Waals surface area contributed by atoms with Gasteiger partial charge in [0.1, 0.15) is 24.4 Å². The fourth-order valence-electron chi connectivity index (χ4n) is 9.06. The largest absolute Gasteiger partial charge is 0.504 e. The first-order chi connectivity index (χ1) is 20.4. The summed E-state index contributed by atoms with van der Waals surface area (Å²) in [6, 6.07) is 9.52. The molecule has 1 fully saturated rings. The third-order valence-electron chi connectivity index (χ3n) is 10.6. The molecule has 3 aromatic carbocycles. The number of aryl methyl sites for hydroxylation is 1.